The van der Waals surface area contributed by atoms with E-state index in [0.29, 0.717) is 17.9 Å². The lowest BCUT2D eigenvalue weighted by Crippen LogP contribution is -2.34. The standard InChI is InChI=1S/C23H33FO3/c1-8-12-27-19-14-18-17(22(4,5)10-11-23(18,6)7)13-16(19)15(3)20(24)21(25)26-9-2/h13-14H,8-12H2,1-7H3. The average molecular weight is 377 g/mol. The zero-order chi connectivity index (χ0) is 20.4. The summed E-state index contributed by atoms with van der Waals surface area (Å²) in [7, 11) is 0. The highest BCUT2D eigenvalue weighted by atomic mass is 19.1. The van der Waals surface area contributed by atoms with Crippen molar-refractivity contribution in [3.05, 3.63) is 34.6 Å². The summed E-state index contributed by atoms with van der Waals surface area (Å²) in [6.07, 6.45) is 3.00. The summed E-state index contributed by atoms with van der Waals surface area (Å²) >= 11 is 0. The Morgan fingerprint density at radius 1 is 1.07 bits per heavy atom. The molecule has 1 aromatic carbocycles. The fourth-order valence-electron chi connectivity index (χ4n) is 3.68. The van der Waals surface area contributed by atoms with Crippen LogP contribution in [-0.2, 0) is 20.4 Å². The first-order valence-corrected chi connectivity index (χ1v) is 9.90. The first-order chi connectivity index (χ1) is 12.5. The summed E-state index contributed by atoms with van der Waals surface area (Å²) in [4.78, 5) is 11.9. The molecule has 1 aliphatic rings. The maximum atomic E-state index is 14.7. The largest absolute Gasteiger partial charge is 0.493 e. The Bertz CT molecular complexity index is 744. The number of allylic oxidation sites excluding steroid dienone is 1. The fourth-order valence-corrected chi connectivity index (χ4v) is 3.68. The van der Waals surface area contributed by atoms with Crippen LogP contribution in [-0.4, -0.2) is 19.2 Å². The molecule has 0 saturated carbocycles. The summed E-state index contributed by atoms with van der Waals surface area (Å²) in [5.41, 5.74) is 3.38. The molecule has 150 valence electrons. The average Bonchev–Trinajstić information content (AvgIpc) is 2.62. The van der Waals surface area contributed by atoms with E-state index in [4.69, 9.17) is 9.47 Å². The molecule has 0 aliphatic heterocycles. The van der Waals surface area contributed by atoms with Gasteiger partial charge in [0.2, 0.25) is 5.83 Å². The zero-order valence-corrected chi connectivity index (χ0v) is 17.8. The van der Waals surface area contributed by atoms with Crippen molar-refractivity contribution in [2.75, 3.05) is 13.2 Å². The number of carbonyl (C=O) groups is 1. The lowest BCUT2D eigenvalue weighted by atomic mass is 9.62. The highest BCUT2D eigenvalue weighted by Gasteiger charge is 2.38. The Kier molecular flexibility index (Phi) is 6.39. The number of halogens is 1. The Morgan fingerprint density at radius 3 is 2.15 bits per heavy atom. The molecule has 0 saturated heterocycles. The van der Waals surface area contributed by atoms with E-state index in [-0.39, 0.29) is 23.0 Å². The van der Waals surface area contributed by atoms with Crippen molar-refractivity contribution < 1.29 is 18.7 Å². The molecule has 0 aromatic heterocycles. The molecule has 1 aromatic rings. The molecule has 0 unspecified atom stereocenters. The van der Waals surface area contributed by atoms with Gasteiger partial charge in [0.15, 0.2) is 0 Å². The van der Waals surface area contributed by atoms with Crippen molar-refractivity contribution in [2.24, 2.45) is 0 Å². The Hall–Kier alpha value is -1.84. The number of rotatable bonds is 6. The number of ether oxygens (including phenoxy) is 2. The summed E-state index contributed by atoms with van der Waals surface area (Å²) in [6, 6.07) is 4.08. The normalized spacial score (nSPS) is 18.4. The summed E-state index contributed by atoms with van der Waals surface area (Å²) in [5, 5.41) is 0. The smallest absolute Gasteiger partial charge is 0.367 e. The molecule has 0 heterocycles. The molecule has 0 radical (unpaired) electrons. The molecule has 0 atom stereocenters. The molecule has 1 aliphatic carbocycles. The number of carbonyl (C=O) groups excluding carboxylic acids is 1. The van der Waals surface area contributed by atoms with Crippen LogP contribution in [0.25, 0.3) is 5.57 Å². The van der Waals surface area contributed by atoms with Crippen molar-refractivity contribution in [2.45, 2.75) is 78.6 Å². The first kappa shape index (κ1) is 21.5. The highest BCUT2D eigenvalue weighted by molar-refractivity contribution is 5.95. The van der Waals surface area contributed by atoms with E-state index in [9.17, 15) is 9.18 Å². The Balaban J connectivity index is 2.69. The minimum atomic E-state index is -0.922. The zero-order valence-electron chi connectivity index (χ0n) is 17.8. The molecule has 0 amide bonds. The number of hydrogen-bond acceptors (Lipinski definition) is 3. The van der Waals surface area contributed by atoms with Crippen molar-refractivity contribution in [3.8, 4) is 5.75 Å². The quantitative estimate of drug-likeness (QED) is 0.445. The molecule has 0 fully saturated rings. The van der Waals surface area contributed by atoms with Gasteiger partial charge in [0.25, 0.3) is 0 Å². The van der Waals surface area contributed by atoms with Crippen LogP contribution < -0.4 is 4.74 Å². The summed E-state index contributed by atoms with van der Waals surface area (Å²) < 4.78 is 25.5. The molecule has 0 spiro atoms. The van der Waals surface area contributed by atoms with Gasteiger partial charge < -0.3 is 9.47 Å². The predicted molar refractivity (Wildman–Crippen MR) is 108 cm³/mol. The van der Waals surface area contributed by atoms with Gasteiger partial charge in [-0.15, -0.1) is 0 Å². The first-order valence-electron chi connectivity index (χ1n) is 9.90. The molecule has 3 nitrogen and oxygen atoms in total. The van der Waals surface area contributed by atoms with E-state index in [1.165, 1.54) is 11.1 Å². The van der Waals surface area contributed by atoms with E-state index < -0.39 is 11.8 Å². The van der Waals surface area contributed by atoms with Gasteiger partial charge in [-0.05, 0) is 67.2 Å². The third kappa shape index (κ3) is 4.36. The molecular formula is C23H33FO3. The molecule has 0 bridgehead atoms. The van der Waals surface area contributed by atoms with Crippen LogP contribution in [0.2, 0.25) is 0 Å². The summed E-state index contributed by atoms with van der Waals surface area (Å²) in [5.74, 6) is -1.14. The predicted octanol–water partition coefficient (Wildman–Crippen LogP) is 6.09. The van der Waals surface area contributed by atoms with Crippen LogP contribution in [0.5, 0.6) is 5.75 Å². The monoisotopic (exact) mass is 376 g/mol. The van der Waals surface area contributed by atoms with Crippen LogP contribution >= 0.6 is 0 Å². The van der Waals surface area contributed by atoms with Crippen molar-refractivity contribution in [1.82, 2.24) is 0 Å². The lowest BCUT2D eigenvalue weighted by Gasteiger charge is -2.42. The van der Waals surface area contributed by atoms with Gasteiger partial charge in [0.1, 0.15) is 5.75 Å². The van der Waals surface area contributed by atoms with Gasteiger partial charge >= 0.3 is 5.97 Å². The van der Waals surface area contributed by atoms with Crippen molar-refractivity contribution in [1.29, 1.82) is 0 Å². The van der Waals surface area contributed by atoms with Gasteiger partial charge in [0.05, 0.1) is 13.2 Å². The van der Waals surface area contributed by atoms with Crippen LogP contribution in [0.4, 0.5) is 4.39 Å². The second-order valence-electron chi connectivity index (χ2n) is 8.67. The van der Waals surface area contributed by atoms with E-state index in [1.54, 1.807) is 13.8 Å². The second-order valence-corrected chi connectivity index (χ2v) is 8.67. The van der Waals surface area contributed by atoms with Gasteiger partial charge in [-0.2, -0.15) is 4.39 Å². The molecule has 27 heavy (non-hydrogen) atoms. The summed E-state index contributed by atoms with van der Waals surface area (Å²) in [6.45, 7) is 14.9. The van der Waals surface area contributed by atoms with Crippen LogP contribution in [0, 0.1) is 0 Å². The van der Waals surface area contributed by atoms with Gasteiger partial charge in [-0.3, -0.25) is 0 Å². The van der Waals surface area contributed by atoms with E-state index >= 15 is 0 Å². The van der Waals surface area contributed by atoms with Gasteiger partial charge in [-0.25, -0.2) is 4.79 Å². The van der Waals surface area contributed by atoms with Crippen LogP contribution in [0.3, 0.4) is 0 Å². The second kappa shape index (κ2) is 8.04. The molecule has 0 N–H and O–H groups in total. The maximum absolute atomic E-state index is 14.7. The topological polar surface area (TPSA) is 35.5 Å². The lowest BCUT2D eigenvalue weighted by molar-refractivity contribution is -0.140. The fraction of sp³-hybridized carbons (Fsp3) is 0.609. The number of fused-ring (bicyclic) bond motifs is 1. The van der Waals surface area contributed by atoms with Crippen LogP contribution in [0.15, 0.2) is 18.0 Å². The van der Waals surface area contributed by atoms with Crippen molar-refractivity contribution in [3.63, 3.8) is 0 Å². The molecular weight excluding hydrogens is 343 g/mol. The van der Waals surface area contributed by atoms with E-state index in [2.05, 4.69) is 33.8 Å². The third-order valence-electron chi connectivity index (χ3n) is 5.60. The van der Waals surface area contributed by atoms with Gasteiger partial charge in [0, 0.05) is 11.1 Å². The van der Waals surface area contributed by atoms with E-state index in [1.807, 2.05) is 13.0 Å². The van der Waals surface area contributed by atoms with E-state index in [0.717, 1.165) is 19.3 Å². The maximum Gasteiger partial charge on any atom is 0.367 e. The van der Waals surface area contributed by atoms with Crippen molar-refractivity contribution >= 4 is 11.5 Å². The highest BCUT2D eigenvalue weighted by Crippen LogP contribution is 2.48. The number of benzene rings is 1. The number of esters is 1. The van der Waals surface area contributed by atoms with Gasteiger partial charge in [-0.1, -0.05) is 34.6 Å². The molecule has 4 heteroatoms. The molecule has 2 rings (SSSR count). The SMILES string of the molecule is CCCOc1cc2c(cc1C(C)=C(F)C(=O)OCC)C(C)(C)CCC2(C)C. The van der Waals surface area contributed by atoms with Crippen LogP contribution in [0.1, 0.15) is 84.4 Å². The minimum Gasteiger partial charge on any atom is -0.493 e. The Morgan fingerprint density at radius 2 is 1.63 bits per heavy atom. The number of hydrogen-bond donors (Lipinski definition) is 0. The Labute approximate surface area is 162 Å². The third-order valence-corrected chi connectivity index (χ3v) is 5.60. The minimum absolute atomic E-state index is 0.0103.